The topological polar surface area (TPSA) is 71.8 Å². The van der Waals surface area contributed by atoms with Crippen molar-refractivity contribution in [2.45, 2.75) is 19.4 Å². The summed E-state index contributed by atoms with van der Waals surface area (Å²) in [4.78, 5) is 26.7. The third-order valence-corrected chi connectivity index (χ3v) is 4.73. The van der Waals surface area contributed by atoms with E-state index in [2.05, 4.69) is 5.32 Å². The molecule has 138 valence electrons. The summed E-state index contributed by atoms with van der Waals surface area (Å²) in [6, 6.07) is 14.3. The summed E-state index contributed by atoms with van der Waals surface area (Å²) in [5.74, 6) is 1.28. The molecular weight excluding hydrogens is 344 g/mol. The lowest BCUT2D eigenvalue weighted by molar-refractivity contribution is -0.117. The Morgan fingerprint density at radius 1 is 1.22 bits per heavy atom. The first kappa shape index (κ1) is 17.1. The van der Waals surface area contributed by atoms with Crippen LogP contribution in [0.1, 0.15) is 22.5 Å². The van der Waals surface area contributed by atoms with Crippen LogP contribution >= 0.6 is 0 Å². The van der Waals surface area contributed by atoms with E-state index in [-0.39, 0.29) is 24.3 Å². The molecule has 0 saturated carbocycles. The van der Waals surface area contributed by atoms with Gasteiger partial charge in [0, 0.05) is 35.7 Å². The minimum absolute atomic E-state index is 0.0190. The highest BCUT2D eigenvalue weighted by atomic mass is 16.5. The maximum atomic E-state index is 12.6. The van der Waals surface area contributed by atoms with Crippen LogP contribution in [-0.4, -0.2) is 31.5 Å². The van der Waals surface area contributed by atoms with E-state index < -0.39 is 0 Å². The molecule has 0 radical (unpaired) electrons. The lowest BCUT2D eigenvalue weighted by Crippen LogP contribution is -2.37. The Bertz CT molecular complexity index is 1020. The molecule has 1 aliphatic heterocycles. The molecule has 1 saturated heterocycles. The van der Waals surface area contributed by atoms with Gasteiger partial charge in [0.05, 0.1) is 13.2 Å². The molecule has 4 rings (SSSR count). The van der Waals surface area contributed by atoms with Crippen molar-refractivity contribution in [2.75, 3.05) is 18.6 Å². The molecule has 2 aromatic carbocycles. The Hall–Kier alpha value is -3.28. The van der Waals surface area contributed by atoms with E-state index >= 15 is 0 Å². The Labute approximate surface area is 156 Å². The van der Waals surface area contributed by atoms with E-state index in [1.54, 1.807) is 30.2 Å². The van der Waals surface area contributed by atoms with Gasteiger partial charge in [-0.25, -0.2) is 0 Å². The zero-order valence-corrected chi connectivity index (χ0v) is 15.2. The summed E-state index contributed by atoms with van der Waals surface area (Å²) >= 11 is 0. The number of ether oxygens (including phenoxy) is 1. The fraction of sp³-hybridized carbons (Fsp3) is 0.238. The minimum Gasteiger partial charge on any atom is -0.497 e. The summed E-state index contributed by atoms with van der Waals surface area (Å²) < 4.78 is 10.8. The quantitative estimate of drug-likeness (QED) is 0.771. The van der Waals surface area contributed by atoms with E-state index in [1.165, 1.54) is 0 Å². The van der Waals surface area contributed by atoms with E-state index in [9.17, 15) is 9.59 Å². The van der Waals surface area contributed by atoms with Gasteiger partial charge in [-0.05, 0) is 43.3 Å². The molecule has 2 heterocycles. The molecule has 0 bridgehead atoms. The van der Waals surface area contributed by atoms with Crippen molar-refractivity contribution in [3.63, 3.8) is 0 Å². The van der Waals surface area contributed by atoms with Crippen molar-refractivity contribution in [1.82, 2.24) is 5.32 Å². The molecular formula is C21H20N2O4. The molecule has 1 fully saturated rings. The molecule has 3 aromatic rings. The number of benzene rings is 2. The second-order valence-electron chi connectivity index (χ2n) is 6.69. The van der Waals surface area contributed by atoms with Crippen molar-refractivity contribution in [3.8, 4) is 5.75 Å². The highest BCUT2D eigenvalue weighted by Gasteiger charge is 2.32. The fourth-order valence-corrected chi connectivity index (χ4v) is 3.42. The first-order chi connectivity index (χ1) is 13.0. The van der Waals surface area contributed by atoms with Gasteiger partial charge in [-0.1, -0.05) is 6.07 Å². The van der Waals surface area contributed by atoms with Crippen molar-refractivity contribution in [2.24, 2.45) is 0 Å². The predicted molar refractivity (Wildman–Crippen MR) is 102 cm³/mol. The summed E-state index contributed by atoms with van der Waals surface area (Å²) in [6.07, 6.45) is 0.274. The van der Waals surface area contributed by atoms with Gasteiger partial charge in [-0.2, -0.15) is 0 Å². The second kappa shape index (κ2) is 6.79. The van der Waals surface area contributed by atoms with E-state index in [0.29, 0.717) is 17.9 Å². The van der Waals surface area contributed by atoms with Crippen molar-refractivity contribution in [1.29, 1.82) is 0 Å². The Morgan fingerprint density at radius 2 is 2.07 bits per heavy atom. The number of rotatable bonds is 4. The first-order valence-electron chi connectivity index (χ1n) is 8.79. The maximum absolute atomic E-state index is 12.6. The van der Waals surface area contributed by atoms with E-state index in [4.69, 9.17) is 9.15 Å². The average molecular weight is 364 g/mol. The number of furan rings is 1. The summed E-state index contributed by atoms with van der Waals surface area (Å²) in [7, 11) is 1.59. The summed E-state index contributed by atoms with van der Waals surface area (Å²) in [5, 5.41) is 3.85. The molecule has 0 spiro atoms. The third kappa shape index (κ3) is 3.38. The van der Waals surface area contributed by atoms with Crippen LogP contribution in [-0.2, 0) is 4.79 Å². The highest BCUT2D eigenvalue weighted by molar-refractivity contribution is 6.00. The SMILES string of the molecule is COc1cccc(N2C[C@H](NC(=O)c3ccc4oc(C)cc4c3)CC2=O)c1. The number of hydrogen-bond acceptors (Lipinski definition) is 4. The Morgan fingerprint density at radius 3 is 2.89 bits per heavy atom. The standard InChI is InChI=1S/C21H20N2O4/c1-13-8-15-9-14(6-7-19(15)27-13)21(25)22-16-10-20(24)23(12-16)17-4-3-5-18(11-17)26-2/h3-9,11,16H,10,12H2,1-2H3,(H,22,25)/t16-/m1/s1. The van der Waals surface area contributed by atoms with Gasteiger partial charge in [-0.3, -0.25) is 9.59 Å². The normalized spacial score (nSPS) is 16.7. The molecule has 1 aliphatic rings. The van der Waals surface area contributed by atoms with Gasteiger partial charge in [0.15, 0.2) is 0 Å². The molecule has 0 unspecified atom stereocenters. The molecule has 0 aliphatic carbocycles. The van der Waals surface area contributed by atoms with Gasteiger partial charge in [-0.15, -0.1) is 0 Å². The van der Waals surface area contributed by atoms with Crippen LogP contribution < -0.4 is 15.0 Å². The Kier molecular flexibility index (Phi) is 4.32. The zero-order valence-electron chi connectivity index (χ0n) is 15.2. The van der Waals surface area contributed by atoms with Crippen LogP contribution in [0.4, 0.5) is 5.69 Å². The largest absolute Gasteiger partial charge is 0.497 e. The Balaban J connectivity index is 1.47. The van der Waals surface area contributed by atoms with E-state index in [1.807, 2.05) is 37.3 Å². The van der Waals surface area contributed by atoms with Crippen LogP contribution in [0.15, 0.2) is 52.9 Å². The smallest absolute Gasteiger partial charge is 0.251 e. The number of aryl methyl sites for hydroxylation is 1. The number of nitrogens with one attached hydrogen (secondary N) is 1. The van der Waals surface area contributed by atoms with Gasteiger partial charge in [0.1, 0.15) is 17.1 Å². The van der Waals surface area contributed by atoms with E-state index in [0.717, 1.165) is 22.4 Å². The van der Waals surface area contributed by atoms with Crippen LogP contribution in [0.5, 0.6) is 5.75 Å². The number of amides is 2. The van der Waals surface area contributed by atoms with Crippen LogP contribution in [0.25, 0.3) is 11.0 Å². The van der Waals surface area contributed by atoms with Crippen molar-refractivity contribution < 1.29 is 18.7 Å². The lowest BCUT2D eigenvalue weighted by atomic mass is 10.1. The summed E-state index contributed by atoms with van der Waals surface area (Å²) in [6.45, 7) is 2.31. The maximum Gasteiger partial charge on any atom is 0.251 e. The molecule has 27 heavy (non-hydrogen) atoms. The fourth-order valence-electron chi connectivity index (χ4n) is 3.42. The van der Waals surface area contributed by atoms with Crippen LogP contribution in [0.3, 0.4) is 0 Å². The minimum atomic E-state index is -0.238. The summed E-state index contributed by atoms with van der Waals surface area (Å²) in [5.41, 5.74) is 2.08. The lowest BCUT2D eigenvalue weighted by Gasteiger charge is -2.18. The van der Waals surface area contributed by atoms with Gasteiger partial charge in [0.2, 0.25) is 5.91 Å². The van der Waals surface area contributed by atoms with Crippen molar-refractivity contribution in [3.05, 3.63) is 59.9 Å². The van der Waals surface area contributed by atoms with Crippen LogP contribution in [0, 0.1) is 6.92 Å². The van der Waals surface area contributed by atoms with Crippen LogP contribution in [0.2, 0.25) is 0 Å². The number of carbonyl (C=O) groups excluding carboxylic acids is 2. The molecule has 2 amide bonds. The highest BCUT2D eigenvalue weighted by Crippen LogP contribution is 2.26. The first-order valence-corrected chi connectivity index (χ1v) is 8.79. The molecule has 1 atom stereocenters. The molecule has 6 nitrogen and oxygen atoms in total. The number of nitrogens with zero attached hydrogens (tertiary/aromatic N) is 1. The molecule has 1 N–H and O–H groups in total. The number of fused-ring (bicyclic) bond motifs is 1. The zero-order chi connectivity index (χ0) is 19.0. The second-order valence-corrected chi connectivity index (χ2v) is 6.69. The number of hydrogen-bond donors (Lipinski definition) is 1. The number of carbonyl (C=O) groups is 2. The van der Waals surface area contributed by atoms with Gasteiger partial charge >= 0.3 is 0 Å². The van der Waals surface area contributed by atoms with Gasteiger partial charge < -0.3 is 19.4 Å². The van der Waals surface area contributed by atoms with Crippen molar-refractivity contribution >= 4 is 28.5 Å². The number of methoxy groups -OCH3 is 1. The predicted octanol–water partition coefficient (Wildman–Crippen LogP) is 3.29. The number of anilines is 1. The molecule has 1 aromatic heterocycles. The average Bonchev–Trinajstić information content (AvgIpc) is 3.22. The monoisotopic (exact) mass is 364 g/mol. The third-order valence-electron chi connectivity index (χ3n) is 4.73. The van der Waals surface area contributed by atoms with Gasteiger partial charge in [0.25, 0.3) is 5.91 Å². The molecule has 6 heteroatoms.